The molecule has 1 amide bonds. The lowest BCUT2D eigenvalue weighted by Gasteiger charge is -2.26. The van der Waals surface area contributed by atoms with Gasteiger partial charge in [0.15, 0.2) is 0 Å². The highest BCUT2D eigenvalue weighted by Gasteiger charge is 2.24. The number of pyridine rings is 1. The lowest BCUT2D eigenvalue weighted by Crippen LogP contribution is -2.50. The van der Waals surface area contributed by atoms with Crippen molar-refractivity contribution >= 4 is 23.3 Å². The first-order chi connectivity index (χ1) is 19.2. The van der Waals surface area contributed by atoms with Crippen molar-refractivity contribution in [1.29, 1.82) is 0 Å². The zero-order valence-corrected chi connectivity index (χ0v) is 25.3. The second-order valence-corrected chi connectivity index (χ2v) is 11.8. The first-order valence-electron chi connectivity index (χ1n) is 15.0. The Labute approximate surface area is 246 Å². The first kappa shape index (κ1) is 31.9. The van der Waals surface area contributed by atoms with Crippen LogP contribution in [0.15, 0.2) is 42.5 Å². The Morgan fingerprint density at radius 3 is 2.55 bits per heavy atom. The third-order valence-corrected chi connectivity index (χ3v) is 7.66. The number of hydrogen-bond donors (Lipinski definition) is 4. The van der Waals surface area contributed by atoms with Crippen molar-refractivity contribution in [1.82, 2.24) is 15.6 Å². The van der Waals surface area contributed by atoms with Crippen LogP contribution in [0.4, 0.5) is 5.82 Å². The van der Waals surface area contributed by atoms with Crippen LogP contribution in [0.25, 0.3) is 0 Å². The van der Waals surface area contributed by atoms with E-state index < -0.39 is 12.1 Å². The third kappa shape index (κ3) is 11.5. The maximum atomic E-state index is 13.4. The molecule has 0 spiro atoms. The number of anilines is 1. The van der Waals surface area contributed by atoms with Crippen molar-refractivity contribution in [3.63, 3.8) is 0 Å². The molecule has 1 aromatic heterocycles. The molecule has 1 aliphatic carbocycles. The van der Waals surface area contributed by atoms with Gasteiger partial charge >= 0.3 is 0 Å². The predicted octanol–water partition coefficient (Wildman–Crippen LogP) is 6.24. The summed E-state index contributed by atoms with van der Waals surface area (Å²) in [6, 6.07) is 12.9. The van der Waals surface area contributed by atoms with Gasteiger partial charge in [-0.1, -0.05) is 100 Å². The fourth-order valence-corrected chi connectivity index (χ4v) is 4.57. The van der Waals surface area contributed by atoms with Crippen LogP contribution in [0, 0.1) is 23.7 Å². The van der Waals surface area contributed by atoms with Gasteiger partial charge in [-0.2, -0.15) is 0 Å². The number of carbonyl (C=O) groups excluding carboxylic acids is 1. The number of nitrogens with zero attached hydrogens (tertiary/aromatic N) is 1. The van der Waals surface area contributed by atoms with E-state index >= 15 is 0 Å². The van der Waals surface area contributed by atoms with Crippen LogP contribution >= 0.6 is 11.6 Å². The van der Waals surface area contributed by atoms with Crippen molar-refractivity contribution in [3.8, 4) is 11.8 Å². The number of hydrogen-bond acceptors (Lipinski definition) is 5. The summed E-state index contributed by atoms with van der Waals surface area (Å²) < 4.78 is 0. The van der Waals surface area contributed by atoms with Gasteiger partial charge in [-0.3, -0.25) is 4.79 Å². The summed E-state index contributed by atoms with van der Waals surface area (Å²) in [4.78, 5) is 17.8. The number of benzene rings is 1. The van der Waals surface area contributed by atoms with Gasteiger partial charge in [-0.15, -0.1) is 0 Å². The van der Waals surface area contributed by atoms with E-state index in [1.165, 1.54) is 32.1 Å². The van der Waals surface area contributed by atoms with E-state index in [1.807, 2.05) is 30.3 Å². The quantitative estimate of drug-likeness (QED) is 0.110. The topological polar surface area (TPSA) is 86.3 Å². The molecular formula is C33H47ClN4O2. The fraction of sp³-hybridized carbons (Fsp3) is 0.576. The molecule has 0 aliphatic heterocycles. The molecule has 218 valence electrons. The Kier molecular flexibility index (Phi) is 13.3. The number of nitrogens with one attached hydrogen (secondary N) is 3. The van der Waals surface area contributed by atoms with E-state index in [4.69, 9.17) is 11.6 Å². The van der Waals surface area contributed by atoms with Crippen LogP contribution < -0.4 is 16.0 Å². The third-order valence-electron chi connectivity index (χ3n) is 7.47. The molecule has 1 saturated carbocycles. The molecule has 2 aromatic rings. The number of aromatic nitrogens is 1. The number of rotatable bonds is 16. The van der Waals surface area contributed by atoms with E-state index in [2.05, 4.69) is 60.5 Å². The molecule has 0 saturated heterocycles. The maximum absolute atomic E-state index is 13.4. The molecular weight excluding hydrogens is 520 g/mol. The zero-order chi connectivity index (χ0) is 28.9. The Bertz CT molecular complexity index is 1110. The van der Waals surface area contributed by atoms with Crippen LogP contribution in [0.1, 0.15) is 88.6 Å². The van der Waals surface area contributed by atoms with Crippen LogP contribution in [0.3, 0.4) is 0 Å². The molecule has 4 N–H and O–H groups in total. The molecule has 1 fully saturated rings. The average Bonchev–Trinajstić information content (AvgIpc) is 3.76. The second kappa shape index (κ2) is 16.6. The summed E-state index contributed by atoms with van der Waals surface area (Å²) in [5, 5.41) is 21.5. The fourth-order valence-electron chi connectivity index (χ4n) is 4.36. The predicted molar refractivity (Wildman–Crippen MR) is 166 cm³/mol. The van der Waals surface area contributed by atoms with Crippen molar-refractivity contribution in [2.75, 3.05) is 11.9 Å². The molecule has 1 heterocycles. The van der Waals surface area contributed by atoms with E-state index in [-0.39, 0.29) is 23.1 Å². The van der Waals surface area contributed by atoms with Crippen LogP contribution in [0.5, 0.6) is 0 Å². The molecule has 1 aromatic carbocycles. The van der Waals surface area contributed by atoms with E-state index in [0.717, 1.165) is 18.4 Å². The van der Waals surface area contributed by atoms with Gasteiger partial charge in [-0.25, -0.2) is 4.98 Å². The maximum Gasteiger partial charge on any atom is 0.251 e. The number of amides is 1. The summed E-state index contributed by atoms with van der Waals surface area (Å²) in [6.45, 7) is 8.85. The normalized spacial score (nSPS) is 16.0. The second-order valence-electron chi connectivity index (χ2n) is 11.5. The molecule has 7 heteroatoms. The lowest BCUT2D eigenvalue weighted by molar-refractivity contribution is 0.0827. The molecule has 4 unspecified atom stereocenters. The average molecular weight is 567 g/mol. The highest BCUT2D eigenvalue weighted by molar-refractivity contribution is 6.29. The summed E-state index contributed by atoms with van der Waals surface area (Å²) in [6.07, 6.45) is 7.76. The number of unbranched alkanes of at least 4 members (excludes halogenated alkanes) is 3. The van der Waals surface area contributed by atoms with Gasteiger partial charge in [0.2, 0.25) is 0 Å². The highest BCUT2D eigenvalue weighted by atomic mass is 35.5. The number of aliphatic hydroxyl groups excluding tert-OH is 1. The number of aliphatic hydroxyl groups is 1. The van der Waals surface area contributed by atoms with Crippen LogP contribution in [-0.4, -0.2) is 46.8 Å². The monoisotopic (exact) mass is 566 g/mol. The van der Waals surface area contributed by atoms with Crippen molar-refractivity contribution in [2.45, 2.75) is 103 Å². The van der Waals surface area contributed by atoms with Gasteiger partial charge < -0.3 is 21.1 Å². The molecule has 40 heavy (non-hydrogen) atoms. The Hall–Kier alpha value is -2.59. The Morgan fingerprint density at radius 2 is 1.88 bits per heavy atom. The smallest absolute Gasteiger partial charge is 0.251 e. The Morgan fingerprint density at radius 1 is 1.12 bits per heavy atom. The van der Waals surface area contributed by atoms with E-state index in [1.54, 1.807) is 12.1 Å². The number of halogens is 1. The molecule has 1 aliphatic rings. The van der Waals surface area contributed by atoms with Crippen molar-refractivity contribution < 1.29 is 9.90 Å². The lowest BCUT2D eigenvalue weighted by atomic mass is 10.00. The van der Waals surface area contributed by atoms with E-state index in [0.29, 0.717) is 36.2 Å². The minimum atomic E-state index is -0.805. The minimum absolute atomic E-state index is 0.0377. The van der Waals surface area contributed by atoms with Crippen LogP contribution in [-0.2, 0) is 6.42 Å². The highest BCUT2D eigenvalue weighted by Crippen LogP contribution is 2.27. The van der Waals surface area contributed by atoms with Gasteiger partial charge in [-0.05, 0) is 56.2 Å². The van der Waals surface area contributed by atoms with Crippen molar-refractivity contribution in [2.24, 2.45) is 11.8 Å². The summed E-state index contributed by atoms with van der Waals surface area (Å²) in [5.41, 5.74) is 1.44. The Balaban J connectivity index is 1.70. The van der Waals surface area contributed by atoms with Gasteiger partial charge in [0.25, 0.3) is 5.91 Å². The van der Waals surface area contributed by atoms with Gasteiger partial charge in [0.1, 0.15) is 11.0 Å². The minimum Gasteiger partial charge on any atom is -0.390 e. The van der Waals surface area contributed by atoms with Gasteiger partial charge in [0.05, 0.1) is 18.2 Å². The standard InChI is InChI=1S/C33H47ClN4O2/c1-5-6-7-11-14-28(18-17-25-15-16-25)35-22-30(39)29(19-26-12-9-8-10-13-26)37-33(40)27-20-31(34)38-32(21-27)36-24(4)23(2)3/h8-10,12-13,20-21,23-25,28-30,35,39H,5-7,11,14-16,19,22H2,1-4H3,(H,36,38)(H,37,40). The van der Waals surface area contributed by atoms with E-state index in [9.17, 15) is 9.90 Å². The van der Waals surface area contributed by atoms with Gasteiger partial charge in [0, 0.05) is 24.1 Å². The molecule has 6 nitrogen and oxygen atoms in total. The first-order valence-corrected chi connectivity index (χ1v) is 15.3. The largest absolute Gasteiger partial charge is 0.390 e. The van der Waals surface area contributed by atoms with Crippen molar-refractivity contribution in [3.05, 3.63) is 58.7 Å². The molecule has 0 bridgehead atoms. The molecule has 4 atom stereocenters. The zero-order valence-electron chi connectivity index (χ0n) is 24.6. The SMILES string of the molecule is CCCCCCC(C#CC1CC1)NCC(O)C(Cc1ccccc1)NC(=O)c1cc(Cl)nc(NC(C)C(C)C)c1. The van der Waals surface area contributed by atoms with Crippen LogP contribution in [0.2, 0.25) is 5.15 Å². The summed E-state index contributed by atoms with van der Waals surface area (Å²) in [7, 11) is 0. The molecule has 0 radical (unpaired) electrons. The number of carbonyl (C=O) groups is 1. The summed E-state index contributed by atoms with van der Waals surface area (Å²) in [5.74, 6) is 7.98. The molecule has 3 rings (SSSR count). The summed E-state index contributed by atoms with van der Waals surface area (Å²) >= 11 is 6.28.